The average molecular weight is 380 g/mol. The van der Waals surface area contributed by atoms with Gasteiger partial charge >= 0.3 is 0 Å². The number of thiazole rings is 1. The third-order valence-corrected chi connectivity index (χ3v) is 6.43. The molecule has 0 unspecified atom stereocenters. The van der Waals surface area contributed by atoms with Gasteiger partial charge in [-0.2, -0.15) is 0 Å². The lowest BCUT2D eigenvalue weighted by Gasteiger charge is -2.33. The molecule has 140 valence electrons. The number of carbonyl (C=O) groups excluding carboxylic acids is 1. The highest BCUT2D eigenvalue weighted by atomic mass is 32.1. The Labute approximate surface area is 164 Å². The number of hydrogen-bond donors (Lipinski definition) is 1. The minimum absolute atomic E-state index is 0.0891. The molecule has 0 saturated carbocycles. The summed E-state index contributed by atoms with van der Waals surface area (Å²) in [5.41, 5.74) is 3.45. The Bertz CT molecular complexity index is 903. The van der Waals surface area contributed by atoms with Gasteiger partial charge in [0.05, 0.1) is 22.8 Å². The maximum absolute atomic E-state index is 12.6. The molecule has 27 heavy (non-hydrogen) atoms. The molecule has 1 aliphatic rings. The molecule has 1 aromatic heterocycles. The normalized spacial score (nSPS) is 17.9. The number of hydrogen-bond acceptors (Lipinski definition) is 4. The van der Waals surface area contributed by atoms with Crippen LogP contribution in [0.25, 0.3) is 10.2 Å². The van der Waals surface area contributed by atoms with Crippen LogP contribution in [0.5, 0.6) is 0 Å². The second-order valence-corrected chi connectivity index (χ2v) is 8.27. The number of carbonyl (C=O) groups is 1. The molecule has 1 fully saturated rings. The summed E-state index contributed by atoms with van der Waals surface area (Å²) in [5.74, 6) is 0.0891. The van der Waals surface area contributed by atoms with E-state index in [0.29, 0.717) is 13.1 Å². The fourth-order valence-corrected chi connectivity index (χ4v) is 4.87. The third kappa shape index (κ3) is 4.20. The molecule has 0 bridgehead atoms. The van der Waals surface area contributed by atoms with Crippen LogP contribution < -0.4 is 5.32 Å². The van der Waals surface area contributed by atoms with Crippen molar-refractivity contribution >= 4 is 27.5 Å². The molecule has 2 aromatic carbocycles. The minimum Gasteiger partial charge on any atom is -0.351 e. The maximum Gasteiger partial charge on any atom is 0.234 e. The van der Waals surface area contributed by atoms with Gasteiger partial charge < -0.3 is 5.32 Å². The topological polar surface area (TPSA) is 45.2 Å². The highest BCUT2D eigenvalue weighted by molar-refractivity contribution is 7.18. The number of para-hydroxylation sites is 1. The average Bonchev–Trinajstić information content (AvgIpc) is 3.12. The highest BCUT2D eigenvalue weighted by Crippen LogP contribution is 2.35. The molecule has 1 aliphatic heterocycles. The number of aromatic nitrogens is 1. The van der Waals surface area contributed by atoms with Gasteiger partial charge in [0.1, 0.15) is 5.01 Å². The van der Waals surface area contributed by atoms with Crippen LogP contribution in [0.4, 0.5) is 0 Å². The van der Waals surface area contributed by atoms with Gasteiger partial charge in [0.25, 0.3) is 0 Å². The van der Waals surface area contributed by atoms with Gasteiger partial charge in [0.15, 0.2) is 0 Å². The van der Waals surface area contributed by atoms with Gasteiger partial charge in [-0.1, -0.05) is 42.8 Å². The van der Waals surface area contributed by atoms with E-state index in [1.807, 2.05) is 18.2 Å². The Kier molecular flexibility index (Phi) is 5.50. The van der Waals surface area contributed by atoms with Gasteiger partial charge in [0, 0.05) is 6.54 Å². The van der Waals surface area contributed by atoms with Crippen LogP contribution in [0.2, 0.25) is 0 Å². The Morgan fingerprint density at radius 2 is 2.00 bits per heavy atom. The Morgan fingerprint density at radius 3 is 2.85 bits per heavy atom. The van der Waals surface area contributed by atoms with Gasteiger partial charge in [-0.25, -0.2) is 4.98 Å². The van der Waals surface area contributed by atoms with E-state index < -0.39 is 0 Å². The summed E-state index contributed by atoms with van der Waals surface area (Å²) in [5, 5.41) is 4.23. The van der Waals surface area contributed by atoms with Crippen molar-refractivity contribution in [3.63, 3.8) is 0 Å². The van der Waals surface area contributed by atoms with Crippen LogP contribution in [0.15, 0.2) is 48.5 Å². The molecule has 5 heteroatoms. The number of aryl methyl sites for hydroxylation is 1. The van der Waals surface area contributed by atoms with Crippen LogP contribution >= 0.6 is 11.3 Å². The van der Waals surface area contributed by atoms with E-state index in [2.05, 4.69) is 47.5 Å². The molecule has 1 saturated heterocycles. The monoisotopic (exact) mass is 379 g/mol. The van der Waals surface area contributed by atoms with Crippen LogP contribution in [-0.4, -0.2) is 28.9 Å². The molecular formula is C22H25N3OS. The first-order valence-corrected chi connectivity index (χ1v) is 10.4. The summed E-state index contributed by atoms with van der Waals surface area (Å²) in [6, 6.07) is 16.7. The summed E-state index contributed by atoms with van der Waals surface area (Å²) in [7, 11) is 0. The molecule has 2 heterocycles. The van der Waals surface area contributed by atoms with Crippen LogP contribution in [0.3, 0.4) is 0 Å². The number of rotatable bonds is 5. The van der Waals surface area contributed by atoms with E-state index in [1.54, 1.807) is 11.3 Å². The first kappa shape index (κ1) is 18.1. The summed E-state index contributed by atoms with van der Waals surface area (Å²) >= 11 is 1.76. The summed E-state index contributed by atoms with van der Waals surface area (Å²) in [4.78, 5) is 19.7. The number of likely N-dealkylation sites (tertiary alicyclic amines) is 1. The van der Waals surface area contributed by atoms with E-state index >= 15 is 0 Å². The summed E-state index contributed by atoms with van der Waals surface area (Å²) in [6.07, 6.45) is 3.42. The first-order valence-electron chi connectivity index (χ1n) is 9.61. The predicted molar refractivity (Wildman–Crippen MR) is 111 cm³/mol. The number of benzene rings is 2. The van der Waals surface area contributed by atoms with Crippen molar-refractivity contribution in [1.29, 1.82) is 0 Å². The van der Waals surface area contributed by atoms with E-state index in [9.17, 15) is 4.79 Å². The van der Waals surface area contributed by atoms with E-state index in [0.717, 1.165) is 29.9 Å². The standard InChI is InChI=1S/C22H25N3OS/c1-16-8-2-3-9-17(16)14-23-21(26)15-25-13-7-6-11-19(25)22-24-18-10-4-5-12-20(18)27-22/h2-5,8-10,12,19H,6-7,11,13-15H2,1H3,(H,23,26)/t19-/m0/s1. The molecule has 1 atom stereocenters. The predicted octanol–water partition coefficient (Wildman–Crippen LogP) is 4.45. The third-order valence-electron chi connectivity index (χ3n) is 5.29. The number of nitrogens with zero attached hydrogens (tertiary/aromatic N) is 2. The van der Waals surface area contributed by atoms with Crippen molar-refractivity contribution in [3.8, 4) is 0 Å². The quantitative estimate of drug-likeness (QED) is 0.712. The van der Waals surface area contributed by atoms with Crippen molar-refractivity contribution in [2.45, 2.75) is 38.8 Å². The summed E-state index contributed by atoms with van der Waals surface area (Å²) in [6.45, 7) is 4.06. The molecule has 1 amide bonds. The molecule has 3 aromatic rings. The van der Waals surface area contributed by atoms with Crippen molar-refractivity contribution in [3.05, 3.63) is 64.7 Å². The lowest BCUT2D eigenvalue weighted by Crippen LogP contribution is -2.41. The molecule has 0 spiro atoms. The largest absolute Gasteiger partial charge is 0.351 e. The lowest BCUT2D eigenvalue weighted by atomic mass is 10.0. The van der Waals surface area contributed by atoms with Gasteiger partial charge in [-0.3, -0.25) is 9.69 Å². The van der Waals surface area contributed by atoms with Crippen LogP contribution in [0, 0.1) is 6.92 Å². The zero-order valence-electron chi connectivity index (χ0n) is 15.6. The fourth-order valence-electron chi connectivity index (χ4n) is 3.74. The van der Waals surface area contributed by atoms with Crippen molar-refractivity contribution in [1.82, 2.24) is 15.2 Å². The minimum atomic E-state index is 0.0891. The summed E-state index contributed by atoms with van der Waals surface area (Å²) < 4.78 is 1.22. The van der Waals surface area contributed by atoms with Crippen molar-refractivity contribution < 1.29 is 4.79 Å². The van der Waals surface area contributed by atoms with Crippen molar-refractivity contribution in [2.75, 3.05) is 13.1 Å². The van der Waals surface area contributed by atoms with Gasteiger partial charge in [0.2, 0.25) is 5.91 Å². The fraction of sp³-hybridized carbons (Fsp3) is 0.364. The van der Waals surface area contributed by atoms with E-state index in [-0.39, 0.29) is 11.9 Å². The van der Waals surface area contributed by atoms with Crippen LogP contribution in [0.1, 0.15) is 41.4 Å². The van der Waals surface area contributed by atoms with Crippen molar-refractivity contribution in [2.24, 2.45) is 0 Å². The Morgan fingerprint density at radius 1 is 1.19 bits per heavy atom. The second-order valence-electron chi connectivity index (χ2n) is 7.21. The number of piperidine rings is 1. The lowest BCUT2D eigenvalue weighted by molar-refractivity contribution is -0.123. The van der Waals surface area contributed by atoms with Gasteiger partial charge in [-0.05, 0) is 49.6 Å². The smallest absolute Gasteiger partial charge is 0.234 e. The number of fused-ring (bicyclic) bond motifs is 1. The molecular weight excluding hydrogens is 354 g/mol. The molecule has 1 N–H and O–H groups in total. The highest BCUT2D eigenvalue weighted by Gasteiger charge is 2.28. The van der Waals surface area contributed by atoms with Crippen LogP contribution in [-0.2, 0) is 11.3 Å². The first-order chi connectivity index (χ1) is 13.2. The zero-order valence-corrected chi connectivity index (χ0v) is 16.5. The van der Waals surface area contributed by atoms with E-state index in [4.69, 9.17) is 4.98 Å². The zero-order chi connectivity index (χ0) is 18.6. The molecule has 0 aliphatic carbocycles. The number of nitrogens with one attached hydrogen (secondary N) is 1. The van der Waals surface area contributed by atoms with Gasteiger partial charge in [-0.15, -0.1) is 11.3 Å². The molecule has 4 rings (SSSR count). The molecule has 0 radical (unpaired) electrons. The molecule has 4 nitrogen and oxygen atoms in total. The SMILES string of the molecule is Cc1ccccc1CNC(=O)CN1CCCC[C@H]1c1nc2ccccc2s1. The Hall–Kier alpha value is -2.24. The maximum atomic E-state index is 12.6. The Balaban J connectivity index is 1.43. The second kappa shape index (κ2) is 8.19. The number of amides is 1. The van der Waals surface area contributed by atoms with E-state index in [1.165, 1.54) is 22.2 Å².